The standard InChI is InChI=1S/C50H62N4O5/c1-10-14-36-38(27-55)43-26-44-47(33(9)56)32(8)40(51-44)24-39-31(7)35(19-20-46(58)59-22-21-30(6)18-13-17-29(5)16-12-15-28(3)4)49(53-39)37-23-45(57)48-34(11-2)41(54-50(37)48)25-42(36)52-43/h15,17,21,24-27,31,33,35,53,55-56H,10-14,16,18-20,22-23H2,1-9H3/b29-17+,30-21+,38-27?,39-24?,41-25?,44-26?,49-37?/t31-,33+,35-/m0/s1. The van der Waals surface area contributed by atoms with E-state index < -0.39 is 6.10 Å². The molecule has 9 nitrogen and oxygen atoms in total. The first-order valence-electron chi connectivity index (χ1n) is 21.5. The van der Waals surface area contributed by atoms with Gasteiger partial charge in [-0.05, 0) is 128 Å². The van der Waals surface area contributed by atoms with Crippen LogP contribution in [0.1, 0.15) is 127 Å². The molecule has 0 amide bonds. The molecule has 59 heavy (non-hydrogen) atoms. The van der Waals surface area contributed by atoms with Crippen LogP contribution in [-0.4, -0.2) is 51.8 Å². The van der Waals surface area contributed by atoms with Crippen LogP contribution in [0.5, 0.6) is 0 Å². The smallest absolute Gasteiger partial charge is 0.306 e. The highest BCUT2D eigenvalue weighted by atomic mass is 16.5. The Morgan fingerprint density at radius 1 is 0.949 bits per heavy atom. The third kappa shape index (κ3) is 9.36. The van der Waals surface area contributed by atoms with E-state index in [1.165, 1.54) is 16.7 Å². The summed E-state index contributed by atoms with van der Waals surface area (Å²) >= 11 is 0. The maximum absolute atomic E-state index is 13.9. The number of carbonyl (C=O) groups is 2. The Morgan fingerprint density at radius 3 is 2.36 bits per heavy atom. The van der Waals surface area contributed by atoms with Crippen LogP contribution in [0, 0.1) is 11.8 Å². The summed E-state index contributed by atoms with van der Waals surface area (Å²) < 4.78 is 5.74. The monoisotopic (exact) mass is 798 g/mol. The number of Topliss-reactive ketones (excluding diaryl/α,β-unsaturated/α-hetero) is 1. The lowest BCUT2D eigenvalue weighted by molar-refractivity contribution is -0.142. The average molecular weight is 799 g/mol. The van der Waals surface area contributed by atoms with Gasteiger partial charge in [-0.2, -0.15) is 0 Å². The number of esters is 1. The van der Waals surface area contributed by atoms with E-state index in [4.69, 9.17) is 19.7 Å². The summed E-state index contributed by atoms with van der Waals surface area (Å²) in [6.07, 6.45) is 19.9. The summed E-state index contributed by atoms with van der Waals surface area (Å²) in [6.45, 7) is 18.7. The molecule has 5 aliphatic heterocycles. The van der Waals surface area contributed by atoms with Crippen LogP contribution in [0.4, 0.5) is 0 Å². The predicted molar refractivity (Wildman–Crippen MR) is 239 cm³/mol. The van der Waals surface area contributed by atoms with E-state index in [9.17, 15) is 19.8 Å². The Balaban J connectivity index is 1.31. The molecular formula is C50H62N4O5. The van der Waals surface area contributed by atoms with Crippen LogP contribution in [-0.2, 0) is 14.3 Å². The molecule has 0 aromatic rings. The summed E-state index contributed by atoms with van der Waals surface area (Å²) in [5, 5.41) is 25.3. The third-order valence-electron chi connectivity index (χ3n) is 12.2. The third-order valence-corrected chi connectivity index (χ3v) is 12.2. The van der Waals surface area contributed by atoms with E-state index in [0.29, 0.717) is 70.2 Å². The van der Waals surface area contributed by atoms with Gasteiger partial charge in [0.2, 0.25) is 0 Å². The summed E-state index contributed by atoms with van der Waals surface area (Å²) in [6, 6.07) is 0. The van der Waals surface area contributed by atoms with Gasteiger partial charge in [0.1, 0.15) is 6.61 Å². The number of allylic oxidation sites excluding steroid dienone is 16. The molecule has 312 valence electrons. The van der Waals surface area contributed by atoms with Gasteiger partial charge in [-0.25, -0.2) is 15.0 Å². The van der Waals surface area contributed by atoms with Gasteiger partial charge in [0.05, 0.1) is 46.6 Å². The van der Waals surface area contributed by atoms with Crippen molar-refractivity contribution in [3.8, 4) is 0 Å². The maximum atomic E-state index is 13.9. The second kappa shape index (κ2) is 18.8. The molecule has 0 unspecified atom stereocenters. The van der Waals surface area contributed by atoms with E-state index >= 15 is 0 Å². The zero-order valence-corrected chi connectivity index (χ0v) is 36.5. The molecule has 5 heterocycles. The number of aliphatic hydroxyl groups is 2. The van der Waals surface area contributed by atoms with Crippen LogP contribution >= 0.6 is 0 Å². The number of fused-ring (bicyclic) bond motifs is 5. The van der Waals surface area contributed by atoms with Crippen LogP contribution in [0.2, 0.25) is 0 Å². The van der Waals surface area contributed by atoms with Crippen molar-refractivity contribution in [1.29, 1.82) is 0 Å². The zero-order chi connectivity index (χ0) is 42.5. The van der Waals surface area contributed by atoms with Gasteiger partial charge in [-0.1, -0.05) is 56.1 Å². The molecule has 0 aromatic carbocycles. The minimum atomic E-state index is -0.796. The number of ether oxygens (including phenoxy) is 1. The topological polar surface area (TPSA) is 133 Å². The van der Waals surface area contributed by atoms with Gasteiger partial charge in [0.25, 0.3) is 0 Å². The molecule has 8 bridgehead atoms. The van der Waals surface area contributed by atoms with Crippen molar-refractivity contribution in [2.24, 2.45) is 26.8 Å². The van der Waals surface area contributed by atoms with E-state index in [1.807, 2.05) is 38.2 Å². The number of rotatable bonds is 15. The van der Waals surface area contributed by atoms with Crippen molar-refractivity contribution in [3.05, 3.63) is 127 Å². The molecule has 3 N–H and O–H groups in total. The van der Waals surface area contributed by atoms with Gasteiger partial charge >= 0.3 is 5.97 Å². The Hall–Kier alpha value is -5.15. The normalized spacial score (nSPS) is 22.8. The predicted octanol–water partition coefficient (Wildman–Crippen LogP) is 10.7. The van der Waals surface area contributed by atoms with Gasteiger partial charge in [-0.3, -0.25) is 9.59 Å². The SMILES string of the molecule is CCCC1=C2C=C3N=C4C(=C5NC(=CC6=NC(=CC(=N2)C1=CO)C([C@@H](C)O)=C6C)[C@@H](C)[C@@H]5CCC(=O)OC/C=C(\C)CC/C=C(\C)CCC=C(C)C)CC(=O)C4=C3CC. The van der Waals surface area contributed by atoms with Crippen LogP contribution in [0.15, 0.2) is 142 Å². The Morgan fingerprint density at radius 2 is 1.68 bits per heavy atom. The highest BCUT2D eigenvalue weighted by Crippen LogP contribution is 2.46. The number of nitrogens with zero attached hydrogens (tertiary/aromatic N) is 3. The van der Waals surface area contributed by atoms with Crippen molar-refractivity contribution in [3.63, 3.8) is 0 Å². The molecule has 9 heteroatoms. The Kier molecular flexibility index (Phi) is 13.9. The van der Waals surface area contributed by atoms with Crippen molar-refractivity contribution >= 4 is 28.9 Å². The van der Waals surface area contributed by atoms with Gasteiger partial charge < -0.3 is 20.3 Å². The number of nitrogens with one attached hydrogen (secondary N) is 1. The summed E-state index contributed by atoms with van der Waals surface area (Å²) in [7, 11) is 0. The molecule has 1 saturated heterocycles. The van der Waals surface area contributed by atoms with E-state index in [2.05, 4.69) is 59.0 Å². The first kappa shape index (κ1) is 43.4. The molecule has 3 atom stereocenters. The lowest BCUT2D eigenvalue weighted by Crippen LogP contribution is -2.15. The zero-order valence-electron chi connectivity index (χ0n) is 36.5. The molecule has 6 aliphatic rings. The van der Waals surface area contributed by atoms with Crippen molar-refractivity contribution < 1.29 is 24.5 Å². The molecule has 2 fully saturated rings. The fourth-order valence-electron chi connectivity index (χ4n) is 8.94. The molecular weight excluding hydrogens is 737 g/mol. The fraction of sp³-hybridized carbons (Fsp3) is 0.460. The number of hydrogen-bond acceptors (Lipinski definition) is 9. The van der Waals surface area contributed by atoms with Gasteiger partial charge in [0.15, 0.2) is 5.78 Å². The Labute approximate surface area is 350 Å². The van der Waals surface area contributed by atoms with E-state index in [0.717, 1.165) is 72.1 Å². The molecule has 0 radical (unpaired) electrons. The molecule has 6 rings (SSSR count). The van der Waals surface area contributed by atoms with Crippen molar-refractivity contribution in [2.45, 2.75) is 133 Å². The second-order valence-corrected chi connectivity index (χ2v) is 16.9. The minimum Gasteiger partial charge on any atom is -0.515 e. The first-order valence-corrected chi connectivity index (χ1v) is 21.5. The van der Waals surface area contributed by atoms with E-state index in [1.54, 1.807) is 6.92 Å². The number of aliphatic imine (C=N–C) groups is 3. The van der Waals surface area contributed by atoms with E-state index in [-0.39, 0.29) is 43.0 Å². The van der Waals surface area contributed by atoms with Gasteiger partial charge in [0, 0.05) is 58.4 Å². The number of carbonyl (C=O) groups excluding carboxylic acids is 2. The lowest BCUT2D eigenvalue weighted by Gasteiger charge is -2.17. The molecule has 1 aliphatic carbocycles. The number of hydrogen-bond donors (Lipinski definition) is 3. The molecule has 0 spiro atoms. The summed E-state index contributed by atoms with van der Waals surface area (Å²) in [5.41, 5.74) is 15.2. The molecule has 1 saturated carbocycles. The van der Waals surface area contributed by atoms with Crippen LogP contribution < -0.4 is 5.32 Å². The largest absolute Gasteiger partial charge is 0.515 e. The Bertz CT molecular complexity index is 2250. The van der Waals surface area contributed by atoms with Crippen LogP contribution in [0.3, 0.4) is 0 Å². The number of ketones is 1. The van der Waals surface area contributed by atoms with Crippen LogP contribution in [0.25, 0.3) is 0 Å². The fourth-order valence-corrected chi connectivity index (χ4v) is 8.94. The summed E-state index contributed by atoms with van der Waals surface area (Å²) in [5.74, 6) is -0.365. The number of aliphatic hydroxyl groups excluding tert-OH is 2. The van der Waals surface area contributed by atoms with Crippen molar-refractivity contribution in [2.75, 3.05) is 6.61 Å². The average Bonchev–Trinajstić information content (AvgIpc) is 3.95. The maximum Gasteiger partial charge on any atom is 0.306 e. The minimum absolute atomic E-state index is 0.0385. The second-order valence-electron chi connectivity index (χ2n) is 16.9. The quantitative estimate of drug-likeness (QED) is 0.0858. The first-order chi connectivity index (χ1) is 28.3. The van der Waals surface area contributed by atoms with Crippen molar-refractivity contribution in [1.82, 2.24) is 5.32 Å². The molecule has 0 aromatic heterocycles. The summed E-state index contributed by atoms with van der Waals surface area (Å²) in [4.78, 5) is 42.4. The van der Waals surface area contributed by atoms with Gasteiger partial charge in [-0.15, -0.1) is 0 Å². The lowest BCUT2D eigenvalue weighted by atomic mass is 9.86. The highest BCUT2D eigenvalue weighted by Gasteiger charge is 2.43. The highest BCUT2D eigenvalue weighted by molar-refractivity contribution is 6.38.